The van der Waals surface area contributed by atoms with Crippen LogP contribution in [-0.2, 0) is 4.79 Å². The quantitative estimate of drug-likeness (QED) is 0.488. The van der Waals surface area contributed by atoms with E-state index in [9.17, 15) is 4.79 Å². The van der Waals surface area contributed by atoms with Gasteiger partial charge >= 0.3 is 0 Å². The minimum Gasteiger partial charge on any atom is -0.387 e. The van der Waals surface area contributed by atoms with E-state index in [4.69, 9.17) is 0 Å². The highest BCUT2D eigenvalue weighted by Crippen LogP contribution is 2.17. The molecule has 1 N–H and O–H groups in total. The summed E-state index contributed by atoms with van der Waals surface area (Å²) in [6, 6.07) is 0. The summed E-state index contributed by atoms with van der Waals surface area (Å²) in [6.07, 6.45) is 10.6. The van der Waals surface area contributed by atoms with Crippen molar-refractivity contribution in [3.8, 4) is 0 Å². The van der Waals surface area contributed by atoms with E-state index >= 15 is 0 Å². The molecule has 0 fully saturated rings. The van der Waals surface area contributed by atoms with Crippen molar-refractivity contribution >= 4 is 5.78 Å². The third-order valence-corrected chi connectivity index (χ3v) is 2.69. The Kier molecular flexibility index (Phi) is 9.12. The molecular weight excluding hydrogens is 210 g/mol. The maximum Gasteiger partial charge on any atom is 0.129 e. The van der Waals surface area contributed by atoms with Crippen LogP contribution in [0.25, 0.3) is 0 Å². The number of ketones is 1. The summed E-state index contributed by atoms with van der Waals surface area (Å²) in [5.74, 6) is 0.623. The van der Waals surface area contributed by atoms with Gasteiger partial charge in [-0.3, -0.25) is 0 Å². The van der Waals surface area contributed by atoms with Crippen LogP contribution in [0.1, 0.15) is 40.0 Å². The zero-order valence-electron chi connectivity index (χ0n) is 11.3. The van der Waals surface area contributed by atoms with Crippen molar-refractivity contribution < 1.29 is 4.79 Å². The van der Waals surface area contributed by atoms with Crippen LogP contribution >= 0.6 is 0 Å². The van der Waals surface area contributed by atoms with Gasteiger partial charge in [0.05, 0.1) is 0 Å². The van der Waals surface area contributed by atoms with Gasteiger partial charge in [0, 0.05) is 13.0 Å². The van der Waals surface area contributed by atoms with E-state index in [1.54, 1.807) is 6.92 Å². The van der Waals surface area contributed by atoms with Crippen molar-refractivity contribution in [2.45, 2.75) is 40.0 Å². The van der Waals surface area contributed by atoms with E-state index < -0.39 is 0 Å². The number of rotatable bonds is 9. The number of allylic oxidation sites excluding steroid dienone is 3. The highest BCUT2D eigenvalue weighted by Gasteiger charge is 2.05. The molecule has 0 aliphatic rings. The Morgan fingerprint density at radius 2 is 2.12 bits per heavy atom. The predicted octanol–water partition coefficient (Wildman–Crippen LogP) is 3.62. The fourth-order valence-electron chi connectivity index (χ4n) is 1.50. The van der Waals surface area contributed by atoms with E-state index in [0.717, 1.165) is 19.4 Å². The number of carbonyl (C=O) groups is 1. The molecule has 0 amide bonds. The Morgan fingerprint density at radius 1 is 1.41 bits per heavy atom. The van der Waals surface area contributed by atoms with Crippen LogP contribution in [0.4, 0.5) is 0 Å². The lowest BCUT2D eigenvalue weighted by Crippen LogP contribution is -2.08. The average Bonchev–Trinajstić information content (AvgIpc) is 2.31. The molecule has 0 aromatic rings. The van der Waals surface area contributed by atoms with Crippen LogP contribution < -0.4 is 5.32 Å². The molecule has 96 valence electrons. The van der Waals surface area contributed by atoms with Gasteiger partial charge in [-0.1, -0.05) is 25.2 Å². The second kappa shape index (κ2) is 9.88. The van der Waals surface area contributed by atoms with Crippen molar-refractivity contribution in [3.05, 3.63) is 36.6 Å². The first-order valence-corrected chi connectivity index (χ1v) is 6.27. The zero-order chi connectivity index (χ0) is 13.1. The number of carbonyl (C=O) groups excluding carboxylic acids is 1. The summed E-state index contributed by atoms with van der Waals surface area (Å²) >= 11 is 0. The van der Waals surface area contributed by atoms with E-state index in [0.29, 0.717) is 12.3 Å². The Balaban J connectivity index is 4.21. The van der Waals surface area contributed by atoms with Crippen molar-refractivity contribution in [1.82, 2.24) is 5.32 Å². The normalized spacial score (nSPS) is 13.7. The summed E-state index contributed by atoms with van der Waals surface area (Å²) in [5, 5.41) is 3.26. The van der Waals surface area contributed by atoms with Gasteiger partial charge in [0.25, 0.3) is 0 Å². The molecule has 0 radical (unpaired) electrons. The van der Waals surface area contributed by atoms with Crippen LogP contribution in [0.3, 0.4) is 0 Å². The first kappa shape index (κ1) is 15.7. The topological polar surface area (TPSA) is 29.1 Å². The van der Waals surface area contributed by atoms with Crippen LogP contribution in [-0.4, -0.2) is 12.3 Å². The summed E-state index contributed by atoms with van der Waals surface area (Å²) < 4.78 is 0. The smallest absolute Gasteiger partial charge is 0.129 e. The minimum atomic E-state index is 0.262. The molecule has 0 saturated heterocycles. The number of Topliss-reactive ketones (excluding diaryl/α,β-unsaturated/α-hetero) is 1. The van der Waals surface area contributed by atoms with E-state index in [1.165, 1.54) is 5.57 Å². The van der Waals surface area contributed by atoms with Gasteiger partial charge in [0.2, 0.25) is 0 Å². The third-order valence-electron chi connectivity index (χ3n) is 2.69. The first-order valence-electron chi connectivity index (χ1n) is 6.27. The maximum atomic E-state index is 10.9. The Bertz CT molecular complexity index is 289. The van der Waals surface area contributed by atoms with Gasteiger partial charge in [0.15, 0.2) is 0 Å². The lowest BCUT2D eigenvalue weighted by Gasteiger charge is -2.12. The van der Waals surface area contributed by atoms with E-state index in [-0.39, 0.29) is 5.78 Å². The van der Waals surface area contributed by atoms with Crippen LogP contribution in [0, 0.1) is 5.92 Å². The Labute approximate surface area is 105 Å². The molecule has 0 saturated carbocycles. The highest BCUT2D eigenvalue weighted by atomic mass is 16.1. The summed E-state index contributed by atoms with van der Waals surface area (Å²) in [6.45, 7) is 10.4. The maximum absolute atomic E-state index is 10.9. The number of nitrogens with one attached hydrogen (secondary N) is 1. The van der Waals surface area contributed by atoms with E-state index in [2.05, 4.69) is 31.1 Å². The molecule has 0 aliphatic carbocycles. The third kappa shape index (κ3) is 8.49. The summed E-state index contributed by atoms with van der Waals surface area (Å²) in [4.78, 5) is 10.9. The molecule has 0 aliphatic heterocycles. The van der Waals surface area contributed by atoms with Crippen molar-refractivity contribution in [3.63, 3.8) is 0 Å². The molecule has 2 heteroatoms. The molecule has 1 unspecified atom stereocenters. The Morgan fingerprint density at radius 3 is 2.65 bits per heavy atom. The molecule has 0 bridgehead atoms. The fourth-order valence-corrected chi connectivity index (χ4v) is 1.50. The molecule has 0 aromatic heterocycles. The van der Waals surface area contributed by atoms with Crippen molar-refractivity contribution in [2.75, 3.05) is 6.54 Å². The second-order valence-electron chi connectivity index (χ2n) is 4.28. The van der Waals surface area contributed by atoms with Gasteiger partial charge in [-0.15, -0.1) is 6.58 Å². The fraction of sp³-hybridized carbons (Fsp3) is 0.533. The molecule has 2 nitrogen and oxygen atoms in total. The molecule has 1 atom stereocenters. The molecule has 0 aromatic carbocycles. The van der Waals surface area contributed by atoms with Crippen LogP contribution in [0.2, 0.25) is 0 Å². The zero-order valence-corrected chi connectivity index (χ0v) is 11.3. The lowest BCUT2D eigenvalue weighted by atomic mass is 9.96. The van der Waals surface area contributed by atoms with Gasteiger partial charge in [-0.05, 0) is 44.4 Å². The SMILES string of the molecule is C=CC(C)/C(=C\NC/C=C\C)CCCC(C)=O. The average molecular weight is 235 g/mol. The first-order chi connectivity index (χ1) is 8.11. The second-order valence-corrected chi connectivity index (χ2v) is 4.28. The van der Waals surface area contributed by atoms with Crippen molar-refractivity contribution in [1.29, 1.82) is 0 Å². The summed E-state index contributed by atoms with van der Waals surface area (Å²) in [5.41, 5.74) is 1.31. The molecular formula is C15H25NO. The standard InChI is InChI=1S/C15H25NO/c1-5-7-11-16-12-15(13(3)6-2)10-8-9-14(4)17/h5-7,12-13,16H,2,8-11H2,1,3-4H3/b7-5-,15-12-. The molecule has 0 rings (SSSR count). The van der Waals surface area contributed by atoms with Crippen molar-refractivity contribution in [2.24, 2.45) is 5.92 Å². The predicted molar refractivity (Wildman–Crippen MR) is 74.8 cm³/mol. The van der Waals surface area contributed by atoms with E-state index in [1.807, 2.05) is 19.1 Å². The van der Waals surface area contributed by atoms with Crippen LogP contribution in [0.5, 0.6) is 0 Å². The number of hydrogen-bond donors (Lipinski definition) is 1. The monoisotopic (exact) mass is 235 g/mol. The molecule has 17 heavy (non-hydrogen) atoms. The highest BCUT2D eigenvalue weighted by molar-refractivity contribution is 5.75. The summed E-state index contributed by atoms with van der Waals surface area (Å²) in [7, 11) is 0. The molecule has 0 heterocycles. The van der Waals surface area contributed by atoms with Gasteiger partial charge in [-0.25, -0.2) is 0 Å². The van der Waals surface area contributed by atoms with Gasteiger partial charge in [0.1, 0.15) is 5.78 Å². The minimum absolute atomic E-state index is 0.262. The molecule has 0 spiro atoms. The Hall–Kier alpha value is -1.31. The van der Waals surface area contributed by atoms with Crippen LogP contribution in [0.15, 0.2) is 36.6 Å². The number of hydrogen-bond acceptors (Lipinski definition) is 2. The van der Waals surface area contributed by atoms with Gasteiger partial charge in [-0.2, -0.15) is 0 Å². The van der Waals surface area contributed by atoms with Gasteiger partial charge < -0.3 is 10.1 Å². The lowest BCUT2D eigenvalue weighted by molar-refractivity contribution is -0.117. The largest absolute Gasteiger partial charge is 0.387 e.